The van der Waals surface area contributed by atoms with Gasteiger partial charge in [0, 0.05) is 49.6 Å². The SMILES string of the molecule is COc1ccc2c(CC(=O)N3CCC[C@H]3C(=O)N[C@@H](CC(C)C)C(=O)NCC(=O)N[C@@H](Cc3ccc4ccccc4c3)C(=O)N[C@@H](CNc3ccc([N+](=O)[O-])cc3[N+](=O)[O-])C(=O)N[C@@H](C)C(=O)N[C@@H](CCCN=C(N)N)C(N)=O)cc(=O)oc2c1. The summed E-state index contributed by atoms with van der Waals surface area (Å²) in [5, 5.41) is 43.7. The predicted molar refractivity (Wildman–Crippen MR) is 310 cm³/mol. The van der Waals surface area contributed by atoms with Gasteiger partial charge in [0.15, 0.2) is 5.96 Å². The van der Waals surface area contributed by atoms with Crippen LogP contribution >= 0.6 is 0 Å². The normalized spacial score (nSPS) is 14.6. The Balaban J connectivity index is 1.19. The molecule has 0 spiro atoms. The van der Waals surface area contributed by atoms with E-state index in [9.17, 15) is 63.4 Å². The molecule has 0 radical (unpaired) electrons. The minimum Gasteiger partial charge on any atom is -0.497 e. The highest BCUT2D eigenvalue weighted by atomic mass is 16.6. The van der Waals surface area contributed by atoms with E-state index >= 15 is 0 Å². The Morgan fingerprint density at radius 3 is 2.18 bits per heavy atom. The van der Waals surface area contributed by atoms with Crippen LogP contribution in [0.4, 0.5) is 17.1 Å². The lowest BCUT2D eigenvalue weighted by Gasteiger charge is -2.27. The van der Waals surface area contributed by atoms with Gasteiger partial charge in [0.05, 0.1) is 36.0 Å². The largest absolute Gasteiger partial charge is 0.497 e. The number of fused-ring (bicyclic) bond motifs is 2. The zero-order valence-corrected chi connectivity index (χ0v) is 47.0. The zero-order chi connectivity index (χ0) is 62.1. The van der Waals surface area contributed by atoms with E-state index < -0.39 is 123 Å². The molecule has 0 aliphatic carbocycles. The summed E-state index contributed by atoms with van der Waals surface area (Å²) in [7, 11) is 1.45. The number of carbonyl (C=O) groups excluding carboxylic acids is 8. The van der Waals surface area contributed by atoms with E-state index in [1.165, 1.54) is 31.1 Å². The van der Waals surface area contributed by atoms with Gasteiger partial charge in [-0.1, -0.05) is 56.3 Å². The number of methoxy groups -OCH3 is 1. The molecule has 2 heterocycles. The molecule has 1 saturated heterocycles. The monoisotopic (exact) mass is 1180 g/mol. The van der Waals surface area contributed by atoms with Crippen molar-refractivity contribution >= 4 is 92.0 Å². The Labute approximate surface area is 485 Å². The van der Waals surface area contributed by atoms with E-state index in [0.717, 1.165) is 22.9 Å². The van der Waals surface area contributed by atoms with Crippen LogP contribution in [-0.2, 0) is 51.2 Å². The first-order chi connectivity index (χ1) is 40.4. The molecule has 6 rings (SSSR count). The van der Waals surface area contributed by atoms with Gasteiger partial charge >= 0.3 is 5.63 Å². The van der Waals surface area contributed by atoms with Crippen molar-refractivity contribution in [1.82, 2.24) is 36.8 Å². The van der Waals surface area contributed by atoms with Crippen LogP contribution in [0.25, 0.3) is 21.7 Å². The number of nitrogens with one attached hydrogen (secondary N) is 7. The van der Waals surface area contributed by atoms with Gasteiger partial charge in [0.2, 0.25) is 47.3 Å². The van der Waals surface area contributed by atoms with Crippen LogP contribution in [0.3, 0.4) is 0 Å². The lowest BCUT2D eigenvalue weighted by molar-refractivity contribution is -0.393. The molecule has 8 amide bonds. The zero-order valence-electron chi connectivity index (χ0n) is 47.0. The number of nitrogens with two attached hydrogens (primary N) is 3. The predicted octanol–water partition coefficient (Wildman–Crippen LogP) is 0.805. The van der Waals surface area contributed by atoms with Crippen molar-refractivity contribution in [2.75, 3.05) is 38.6 Å². The number of nitro groups is 2. The maximum absolute atomic E-state index is 14.6. The quantitative estimate of drug-likeness (QED) is 0.00790. The van der Waals surface area contributed by atoms with Crippen molar-refractivity contribution < 1.29 is 57.4 Å². The highest BCUT2D eigenvalue weighted by Crippen LogP contribution is 2.29. The summed E-state index contributed by atoms with van der Waals surface area (Å²) < 4.78 is 10.6. The summed E-state index contributed by atoms with van der Waals surface area (Å²) in [6.07, 6.45) is 0.639. The third-order valence-corrected chi connectivity index (χ3v) is 13.8. The molecule has 0 bridgehead atoms. The maximum Gasteiger partial charge on any atom is 0.336 e. The number of guanidine groups is 1. The van der Waals surface area contributed by atoms with Crippen molar-refractivity contribution in [3.05, 3.63) is 127 Å². The lowest BCUT2D eigenvalue weighted by atomic mass is 10.0. The second-order valence-corrected chi connectivity index (χ2v) is 20.6. The molecule has 4 aromatic carbocycles. The average molecular weight is 1180 g/mol. The Morgan fingerprint density at radius 1 is 0.776 bits per heavy atom. The molecular weight excluding hydrogens is 1110 g/mol. The van der Waals surface area contributed by atoms with Crippen LogP contribution in [0.1, 0.15) is 64.0 Å². The van der Waals surface area contributed by atoms with Crippen molar-refractivity contribution in [2.24, 2.45) is 28.1 Å². The molecular formula is C56H68N14O15. The maximum atomic E-state index is 14.6. The smallest absolute Gasteiger partial charge is 0.336 e. The third kappa shape index (κ3) is 18.1. The number of rotatable bonds is 29. The van der Waals surface area contributed by atoms with Gasteiger partial charge in [-0.15, -0.1) is 0 Å². The molecule has 452 valence electrons. The number of non-ortho nitro benzene ring substituents is 1. The van der Waals surface area contributed by atoms with E-state index in [-0.39, 0.29) is 74.8 Å². The van der Waals surface area contributed by atoms with Gasteiger partial charge in [0.25, 0.3) is 11.4 Å². The summed E-state index contributed by atoms with van der Waals surface area (Å²) in [5.41, 5.74) is 15.0. The van der Waals surface area contributed by atoms with Crippen LogP contribution in [0.5, 0.6) is 5.75 Å². The number of nitro benzene ring substituents is 2. The summed E-state index contributed by atoms with van der Waals surface area (Å²) in [4.78, 5) is 150. The van der Waals surface area contributed by atoms with Crippen molar-refractivity contribution in [3.63, 3.8) is 0 Å². The molecule has 29 nitrogen and oxygen atoms in total. The minimum absolute atomic E-state index is 0.0111. The molecule has 5 aromatic rings. The second-order valence-electron chi connectivity index (χ2n) is 20.6. The fourth-order valence-electron chi connectivity index (χ4n) is 9.50. The van der Waals surface area contributed by atoms with Gasteiger partial charge in [-0.2, -0.15) is 0 Å². The third-order valence-electron chi connectivity index (χ3n) is 13.8. The molecule has 0 unspecified atom stereocenters. The van der Waals surface area contributed by atoms with Crippen LogP contribution in [-0.4, -0.2) is 138 Å². The molecule has 13 N–H and O–H groups in total. The van der Waals surface area contributed by atoms with Crippen LogP contribution in [0.15, 0.2) is 99.1 Å². The first kappa shape index (κ1) is 64.0. The number of hydrogen-bond acceptors (Lipinski definition) is 17. The molecule has 1 aliphatic rings. The molecule has 6 atom stereocenters. The summed E-state index contributed by atoms with van der Waals surface area (Å²) >= 11 is 0. The number of anilines is 1. The van der Waals surface area contributed by atoms with Crippen molar-refractivity contribution in [2.45, 2.75) is 102 Å². The number of primary amides is 1. The van der Waals surface area contributed by atoms with E-state index in [0.29, 0.717) is 34.7 Å². The van der Waals surface area contributed by atoms with Crippen molar-refractivity contribution in [1.29, 1.82) is 0 Å². The Hall–Kier alpha value is -10.2. The topological polar surface area (TPSA) is 440 Å². The van der Waals surface area contributed by atoms with E-state index in [2.05, 4.69) is 42.2 Å². The number of nitrogens with zero attached hydrogens (tertiary/aromatic N) is 4. The molecule has 85 heavy (non-hydrogen) atoms. The Kier molecular flexibility index (Phi) is 22.3. The van der Waals surface area contributed by atoms with E-state index in [4.69, 9.17) is 26.4 Å². The highest BCUT2D eigenvalue weighted by Gasteiger charge is 2.37. The van der Waals surface area contributed by atoms with Gasteiger partial charge in [-0.25, -0.2) is 4.79 Å². The molecule has 1 fully saturated rings. The first-order valence-electron chi connectivity index (χ1n) is 27.1. The van der Waals surface area contributed by atoms with Crippen LogP contribution < -0.4 is 64.8 Å². The van der Waals surface area contributed by atoms with E-state index in [1.807, 2.05) is 32.0 Å². The fraction of sp³-hybridized carbons (Fsp3) is 0.393. The van der Waals surface area contributed by atoms with Crippen molar-refractivity contribution in [3.8, 4) is 5.75 Å². The molecule has 1 aromatic heterocycles. The standard InChI is InChI=1S/C56H68N14O15/c1-30(2)21-41(66-55(79)44-12-8-20-68(44)48(72)24-35-25-49(73)85-46-27-37(84-4)16-17-38(35)46)52(76)62-29-47(71)64-42(23-32-13-14-33-9-5-6-10-34(33)22-32)53(77)67-43(28-61-39-18-15-36(69(80)81)26-45(39)70(82)83)54(78)63-31(3)51(75)65-40(50(57)74)11-7-19-60-56(58)59/h5-6,9-10,13-18,22,25-27,30-31,40-44,61H,7-8,11-12,19-21,23-24,28-29H2,1-4H3,(H2,57,74)(H,62,76)(H,63,78)(H,64,71)(H,65,75)(H,66,79)(H,67,77)(H4,58,59,60)/t31-,40-,41-,42-,43-,44-/m0/s1. The number of likely N-dealkylation sites (tertiary alicyclic amines) is 1. The van der Waals surface area contributed by atoms with Crippen LogP contribution in [0, 0.1) is 26.1 Å². The minimum atomic E-state index is -1.73. The average Bonchev–Trinajstić information content (AvgIpc) is 4.20. The van der Waals surface area contributed by atoms with Gasteiger partial charge < -0.3 is 68.5 Å². The number of hydrogen-bond donors (Lipinski definition) is 10. The van der Waals surface area contributed by atoms with Gasteiger partial charge in [-0.3, -0.25) is 63.6 Å². The van der Waals surface area contributed by atoms with Gasteiger partial charge in [0.1, 0.15) is 53.3 Å². The van der Waals surface area contributed by atoms with Crippen LogP contribution in [0.2, 0.25) is 0 Å². The highest BCUT2D eigenvalue weighted by molar-refractivity contribution is 5.98. The van der Waals surface area contributed by atoms with Gasteiger partial charge in [-0.05, 0) is 85.0 Å². The molecule has 1 aliphatic heterocycles. The molecule has 0 saturated carbocycles. The number of carbonyl (C=O) groups is 8. The molecule has 29 heteroatoms. The number of ether oxygens (including phenoxy) is 1. The first-order valence-corrected chi connectivity index (χ1v) is 27.1. The lowest BCUT2D eigenvalue weighted by Crippen LogP contribution is -2.59. The summed E-state index contributed by atoms with van der Waals surface area (Å²) in [6, 6.07) is 13.2. The summed E-state index contributed by atoms with van der Waals surface area (Å²) in [5.74, 6) is -6.50. The summed E-state index contributed by atoms with van der Waals surface area (Å²) in [6.45, 7) is 3.82. The Bertz CT molecular complexity index is 3440. The Morgan fingerprint density at radius 2 is 1.49 bits per heavy atom. The van der Waals surface area contributed by atoms with E-state index in [1.54, 1.807) is 36.4 Å². The second kappa shape index (κ2) is 29.7. The number of aliphatic imine (C=N–C) groups is 1. The number of benzene rings is 4. The number of amides is 8. The fourth-order valence-corrected chi connectivity index (χ4v) is 9.50.